The topological polar surface area (TPSA) is 28.5 Å². The molecular weight excluding hydrogens is 262 g/mol. The highest BCUT2D eigenvalue weighted by Gasteiger charge is 2.26. The molecular formula is C17H21N3O. The zero-order valence-corrected chi connectivity index (χ0v) is 12.6. The molecule has 110 valence electrons. The Hall–Kier alpha value is -2.07. The van der Waals surface area contributed by atoms with E-state index in [2.05, 4.69) is 18.9 Å². The van der Waals surface area contributed by atoms with Gasteiger partial charge >= 0.3 is 0 Å². The van der Waals surface area contributed by atoms with Crippen molar-refractivity contribution < 1.29 is 4.79 Å². The van der Waals surface area contributed by atoms with E-state index >= 15 is 0 Å². The summed E-state index contributed by atoms with van der Waals surface area (Å²) in [6.07, 6.45) is 4.00. The first kappa shape index (κ1) is 13.9. The second-order valence-electron chi connectivity index (χ2n) is 5.75. The number of benzene rings is 1. The quantitative estimate of drug-likeness (QED) is 0.846. The van der Waals surface area contributed by atoms with E-state index in [1.807, 2.05) is 58.3 Å². The zero-order chi connectivity index (χ0) is 14.8. The number of likely N-dealkylation sites (N-methyl/N-ethyl adjacent to an activating group) is 1. The second kappa shape index (κ2) is 5.74. The first-order valence-corrected chi connectivity index (χ1v) is 7.38. The van der Waals surface area contributed by atoms with Crippen LogP contribution in [0.25, 0.3) is 5.69 Å². The molecule has 2 aromatic rings. The van der Waals surface area contributed by atoms with Gasteiger partial charge in [0.05, 0.1) is 0 Å². The van der Waals surface area contributed by atoms with Gasteiger partial charge in [-0.25, -0.2) is 0 Å². The lowest BCUT2D eigenvalue weighted by atomic mass is 10.1. The number of carbonyl (C=O) groups excluding carboxylic acids is 1. The van der Waals surface area contributed by atoms with Crippen LogP contribution < -0.4 is 0 Å². The number of carbonyl (C=O) groups is 1. The van der Waals surface area contributed by atoms with Gasteiger partial charge in [-0.1, -0.05) is 0 Å². The molecule has 0 bridgehead atoms. The third-order valence-electron chi connectivity index (χ3n) is 4.11. The molecule has 21 heavy (non-hydrogen) atoms. The molecule has 1 saturated heterocycles. The maximum atomic E-state index is 12.6. The van der Waals surface area contributed by atoms with Crippen molar-refractivity contribution >= 4 is 5.91 Å². The molecule has 2 heterocycles. The fraction of sp³-hybridized carbons (Fsp3) is 0.353. The number of aromatic nitrogens is 1. The third-order valence-corrected chi connectivity index (χ3v) is 4.11. The highest BCUT2D eigenvalue weighted by atomic mass is 16.2. The first-order valence-electron chi connectivity index (χ1n) is 7.38. The minimum Gasteiger partial charge on any atom is -0.333 e. The second-order valence-corrected chi connectivity index (χ2v) is 5.75. The number of amides is 1. The molecule has 0 radical (unpaired) electrons. The van der Waals surface area contributed by atoms with Gasteiger partial charge in [-0.2, -0.15) is 0 Å². The molecule has 1 aliphatic heterocycles. The number of hydrogen-bond donors (Lipinski definition) is 0. The maximum absolute atomic E-state index is 12.6. The van der Waals surface area contributed by atoms with Gasteiger partial charge < -0.3 is 14.4 Å². The summed E-state index contributed by atoms with van der Waals surface area (Å²) in [6, 6.07) is 12.1. The van der Waals surface area contributed by atoms with E-state index in [-0.39, 0.29) is 11.9 Å². The molecule has 1 atom stereocenters. The highest BCUT2D eigenvalue weighted by molar-refractivity contribution is 5.94. The molecule has 1 aromatic carbocycles. The van der Waals surface area contributed by atoms with Gasteiger partial charge in [0.2, 0.25) is 0 Å². The molecule has 1 amide bonds. The largest absolute Gasteiger partial charge is 0.333 e. The predicted molar refractivity (Wildman–Crippen MR) is 83.8 cm³/mol. The van der Waals surface area contributed by atoms with E-state index in [4.69, 9.17) is 0 Å². The van der Waals surface area contributed by atoms with E-state index in [1.165, 1.54) is 0 Å². The van der Waals surface area contributed by atoms with Crippen molar-refractivity contribution in [3.05, 3.63) is 54.4 Å². The van der Waals surface area contributed by atoms with E-state index < -0.39 is 0 Å². The maximum Gasteiger partial charge on any atom is 0.254 e. The molecule has 0 N–H and O–H groups in total. The van der Waals surface area contributed by atoms with Gasteiger partial charge in [0.1, 0.15) is 0 Å². The molecule has 0 aliphatic carbocycles. The van der Waals surface area contributed by atoms with Gasteiger partial charge in [-0.3, -0.25) is 4.79 Å². The number of piperazine rings is 1. The molecule has 1 unspecified atom stereocenters. The minimum atomic E-state index is 0.134. The zero-order valence-electron chi connectivity index (χ0n) is 12.6. The third kappa shape index (κ3) is 2.85. The fourth-order valence-electron chi connectivity index (χ4n) is 2.89. The monoisotopic (exact) mass is 283 g/mol. The highest BCUT2D eigenvalue weighted by Crippen LogP contribution is 2.15. The number of nitrogens with zero attached hydrogens (tertiary/aromatic N) is 3. The molecule has 3 rings (SSSR count). The van der Waals surface area contributed by atoms with Crippen LogP contribution in [0.4, 0.5) is 0 Å². The van der Waals surface area contributed by atoms with Gasteiger partial charge in [-0.05, 0) is 50.4 Å². The summed E-state index contributed by atoms with van der Waals surface area (Å²) in [5.74, 6) is 0.134. The van der Waals surface area contributed by atoms with Crippen LogP contribution in [0.15, 0.2) is 48.8 Å². The molecule has 1 aliphatic rings. The Labute approximate surface area is 125 Å². The molecule has 1 aromatic heterocycles. The van der Waals surface area contributed by atoms with Crippen molar-refractivity contribution in [2.75, 3.05) is 26.7 Å². The molecule has 1 fully saturated rings. The van der Waals surface area contributed by atoms with Crippen molar-refractivity contribution in [2.45, 2.75) is 13.0 Å². The van der Waals surface area contributed by atoms with Crippen molar-refractivity contribution in [3.63, 3.8) is 0 Å². The van der Waals surface area contributed by atoms with Crippen LogP contribution in [-0.2, 0) is 0 Å². The predicted octanol–water partition coefficient (Wildman–Crippen LogP) is 2.25. The van der Waals surface area contributed by atoms with Gasteiger partial charge in [0.15, 0.2) is 0 Å². The Morgan fingerprint density at radius 3 is 2.38 bits per heavy atom. The van der Waals surface area contributed by atoms with E-state index in [9.17, 15) is 4.79 Å². The van der Waals surface area contributed by atoms with Gasteiger partial charge in [0, 0.05) is 49.3 Å². The average molecular weight is 283 g/mol. The smallest absolute Gasteiger partial charge is 0.254 e. The lowest BCUT2D eigenvalue weighted by molar-refractivity contribution is 0.0533. The van der Waals surface area contributed by atoms with Crippen molar-refractivity contribution in [3.8, 4) is 5.69 Å². The Balaban J connectivity index is 1.76. The van der Waals surface area contributed by atoms with Crippen molar-refractivity contribution in [1.29, 1.82) is 0 Å². The Morgan fingerprint density at radius 1 is 1.10 bits per heavy atom. The summed E-state index contributed by atoms with van der Waals surface area (Å²) in [5, 5.41) is 0. The summed E-state index contributed by atoms with van der Waals surface area (Å²) in [5.41, 5.74) is 1.84. The lowest BCUT2D eigenvalue weighted by Crippen LogP contribution is -2.52. The Morgan fingerprint density at radius 2 is 1.76 bits per heavy atom. The van der Waals surface area contributed by atoms with Crippen molar-refractivity contribution in [1.82, 2.24) is 14.4 Å². The van der Waals surface area contributed by atoms with E-state index in [1.54, 1.807) is 0 Å². The summed E-state index contributed by atoms with van der Waals surface area (Å²) >= 11 is 0. The summed E-state index contributed by atoms with van der Waals surface area (Å²) < 4.78 is 2.03. The normalized spacial score (nSPS) is 19.7. The van der Waals surface area contributed by atoms with Crippen LogP contribution in [0.5, 0.6) is 0 Å². The van der Waals surface area contributed by atoms with E-state index in [0.29, 0.717) is 0 Å². The van der Waals surface area contributed by atoms with Crippen LogP contribution in [0.1, 0.15) is 17.3 Å². The number of rotatable bonds is 2. The Kier molecular flexibility index (Phi) is 3.80. The first-order chi connectivity index (χ1) is 10.1. The summed E-state index contributed by atoms with van der Waals surface area (Å²) in [7, 11) is 2.10. The van der Waals surface area contributed by atoms with E-state index in [0.717, 1.165) is 30.9 Å². The summed E-state index contributed by atoms with van der Waals surface area (Å²) in [6.45, 7) is 4.79. The molecule has 0 saturated carbocycles. The average Bonchev–Trinajstić information content (AvgIpc) is 3.01. The molecule has 4 heteroatoms. The van der Waals surface area contributed by atoms with Crippen LogP contribution in [-0.4, -0.2) is 53.0 Å². The standard InChI is InChI=1S/C17H21N3O/c1-14-13-18(2)11-12-20(14)17(21)15-5-7-16(8-6-15)19-9-3-4-10-19/h3-10,14H,11-13H2,1-2H3. The Bertz CT molecular complexity index is 603. The van der Waals surface area contributed by atoms with Crippen molar-refractivity contribution in [2.24, 2.45) is 0 Å². The number of hydrogen-bond acceptors (Lipinski definition) is 2. The summed E-state index contributed by atoms with van der Waals surface area (Å²) in [4.78, 5) is 16.9. The van der Waals surface area contributed by atoms with Crippen LogP contribution in [0.3, 0.4) is 0 Å². The minimum absolute atomic E-state index is 0.134. The van der Waals surface area contributed by atoms with Crippen LogP contribution >= 0.6 is 0 Å². The molecule has 0 spiro atoms. The SMILES string of the molecule is CC1CN(C)CCN1C(=O)c1ccc(-n2cccc2)cc1. The van der Waals surface area contributed by atoms with Gasteiger partial charge in [0.25, 0.3) is 5.91 Å². The van der Waals surface area contributed by atoms with Crippen LogP contribution in [0.2, 0.25) is 0 Å². The van der Waals surface area contributed by atoms with Crippen LogP contribution in [0, 0.1) is 0 Å². The molecule has 4 nitrogen and oxygen atoms in total. The lowest BCUT2D eigenvalue weighted by Gasteiger charge is -2.38. The fourth-order valence-corrected chi connectivity index (χ4v) is 2.89. The van der Waals surface area contributed by atoms with Gasteiger partial charge in [-0.15, -0.1) is 0 Å².